The second-order valence-electron chi connectivity index (χ2n) is 10.1. The molecular weight excluding hydrogens is 524 g/mol. The van der Waals surface area contributed by atoms with E-state index in [0.29, 0.717) is 52.0 Å². The van der Waals surface area contributed by atoms with Crippen LogP contribution in [0.5, 0.6) is 34.5 Å². The second-order valence-corrected chi connectivity index (χ2v) is 10.1. The van der Waals surface area contributed by atoms with Gasteiger partial charge >= 0.3 is 0 Å². The molecule has 3 aromatic carbocycles. The highest BCUT2D eigenvalue weighted by atomic mass is 19.3. The molecule has 4 unspecified atom stereocenters. The van der Waals surface area contributed by atoms with Crippen LogP contribution < -0.4 is 33.7 Å². The van der Waals surface area contributed by atoms with Crippen LogP contribution in [0.4, 0.5) is 8.78 Å². The number of ether oxygens (including phenoxy) is 6. The van der Waals surface area contributed by atoms with Gasteiger partial charge in [0.05, 0.1) is 39.9 Å². The van der Waals surface area contributed by atoms with Crippen LogP contribution in [-0.4, -0.2) is 46.6 Å². The Morgan fingerprint density at radius 1 is 0.900 bits per heavy atom. The first-order valence-corrected chi connectivity index (χ1v) is 12.9. The summed E-state index contributed by atoms with van der Waals surface area (Å²) in [6.07, 6.45) is 0.503. The third-order valence-corrected chi connectivity index (χ3v) is 7.82. The maximum atomic E-state index is 15.1. The Balaban J connectivity index is 1.27. The standard InChI is InChI=1S/C30H29F2NO7/c1-35-19-6-7-20-23(13-19)38-14-18(10-16-4-8-21(36-2)24(11-16)37-3)28(20)33-29(34)27-26(30(27,31)32)17-5-9-22-25(12-17)40-15-39-22/h4-9,11-13,18,26-28H,10,14-15H2,1-3H3,(H,33,34). The molecule has 2 heterocycles. The number of carbonyl (C=O) groups is 1. The smallest absolute Gasteiger partial charge is 0.268 e. The molecule has 1 fully saturated rings. The molecular formula is C30H29F2NO7. The zero-order valence-corrected chi connectivity index (χ0v) is 22.2. The summed E-state index contributed by atoms with van der Waals surface area (Å²) in [5.74, 6) is -3.67. The van der Waals surface area contributed by atoms with E-state index in [9.17, 15) is 4.79 Å². The van der Waals surface area contributed by atoms with E-state index in [0.717, 1.165) is 5.56 Å². The van der Waals surface area contributed by atoms with Gasteiger partial charge in [0.25, 0.3) is 5.92 Å². The number of rotatable bonds is 8. The van der Waals surface area contributed by atoms with Gasteiger partial charge in [0.1, 0.15) is 17.4 Å². The van der Waals surface area contributed by atoms with Crippen LogP contribution in [0.2, 0.25) is 0 Å². The summed E-state index contributed by atoms with van der Waals surface area (Å²) in [6.45, 7) is 0.311. The predicted molar refractivity (Wildman–Crippen MR) is 140 cm³/mol. The minimum atomic E-state index is -3.19. The van der Waals surface area contributed by atoms with Gasteiger partial charge < -0.3 is 33.7 Å². The quantitative estimate of drug-likeness (QED) is 0.425. The molecule has 210 valence electrons. The Morgan fingerprint density at radius 3 is 2.48 bits per heavy atom. The van der Waals surface area contributed by atoms with E-state index >= 15 is 8.78 Å². The molecule has 2 aliphatic heterocycles. The summed E-state index contributed by atoms with van der Waals surface area (Å²) in [5, 5.41) is 2.95. The van der Waals surface area contributed by atoms with Gasteiger partial charge in [-0.25, -0.2) is 8.78 Å². The van der Waals surface area contributed by atoms with Gasteiger partial charge in [-0.15, -0.1) is 0 Å². The zero-order chi connectivity index (χ0) is 28.0. The highest BCUT2D eigenvalue weighted by molar-refractivity contribution is 5.86. The monoisotopic (exact) mass is 553 g/mol. The molecule has 3 aliphatic rings. The van der Waals surface area contributed by atoms with Crippen molar-refractivity contribution in [3.63, 3.8) is 0 Å². The van der Waals surface area contributed by atoms with E-state index in [1.807, 2.05) is 18.2 Å². The van der Waals surface area contributed by atoms with Crippen molar-refractivity contribution in [3.05, 3.63) is 71.3 Å². The second kappa shape index (κ2) is 10.1. The van der Waals surface area contributed by atoms with Crippen LogP contribution in [0.1, 0.15) is 28.7 Å². The van der Waals surface area contributed by atoms with Gasteiger partial charge in [-0.05, 0) is 53.9 Å². The first kappa shape index (κ1) is 26.0. The van der Waals surface area contributed by atoms with Crippen LogP contribution in [0.25, 0.3) is 0 Å². The summed E-state index contributed by atoms with van der Waals surface area (Å²) in [6, 6.07) is 15.0. The first-order chi connectivity index (χ1) is 19.3. The topological polar surface area (TPSA) is 84.5 Å². The molecule has 0 radical (unpaired) electrons. The Morgan fingerprint density at radius 2 is 1.70 bits per heavy atom. The van der Waals surface area contributed by atoms with Gasteiger partial charge in [-0.2, -0.15) is 0 Å². The molecule has 4 atom stereocenters. The molecule has 1 aliphatic carbocycles. The first-order valence-electron chi connectivity index (χ1n) is 12.9. The molecule has 3 aromatic rings. The van der Waals surface area contributed by atoms with Gasteiger partial charge in [0.15, 0.2) is 23.0 Å². The van der Waals surface area contributed by atoms with Crippen molar-refractivity contribution in [2.75, 3.05) is 34.7 Å². The zero-order valence-electron chi connectivity index (χ0n) is 22.2. The van der Waals surface area contributed by atoms with Crippen molar-refractivity contribution in [1.29, 1.82) is 0 Å². The van der Waals surface area contributed by atoms with Crippen molar-refractivity contribution in [3.8, 4) is 34.5 Å². The van der Waals surface area contributed by atoms with E-state index in [1.165, 1.54) is 6.07 Å². The Bertz CT molecular complexity index is 1450. The highest BCUT2D eigenvalue weighted by Crippen LogP contribution is 2.62. The fourth-order valence-electron chi connectivity index (χ4n) is 5.67. The Hall–Kier alpha value is -4.21. The van der Waals surface area contributed by atoms with Crippen LogP contribution in [0.3, 0.4) is 0 Å². The summed E-state index contributed by atoms with van der Waals surface area (Å²) in [4.78, 5) is 13.5. The maximum absolute atomic E-state index is 15.1. The minimum Gasteiger partial charge on any atom is -0.497 e. The van der Waals surface area contributed by atoms with Crippen molar-refractivity contribution in [2.24, 2.45) is 11.8 Å². The van der Waals surface area contributed by atoms with Gasteiger partial charge in [0.2, 0.25) is 12.7 Å². The lowest BCUT2D eigenvalue weighted by Gasteiger charge is -2.34. The fraction of sp³-hybridized carbons (Fsp3) is 0.367. The number of halogens is 2. The molecule has 0 aromatic heterocycles. The summed E-state index contributed by atoms with van der Waals surface area (Å²) >= 11 is 0. The van der Waals surface area contributed by atoms with Gasteiger partial charge in [-0.3, -0.25) is 4.79 Å². The average molecular weight is 554 g/mol. The van der Waals surface area contributed by atoms with Crippen LogP contribution in [-0.2, 0) is 11.2 Å². The molecule has 0 bridgehead atoms. The summed E-state index contributed by atoms with van der Waals surface area (Å²) in [7, 11) is 4.67. The molecule has 1 amide bonds. The molecule has 40 heavy (non-hydrogen) atoms. The number of hydrogen-bond donors (Lipinski definition) is 1. The van der Waals surface area contributed by atoms with E-state index < -0.39 is 29.7 Å². The molecule has 0 spiro atoms. The highest BCUT2D eigenvalue weighted by Gasteiger charge is 2.72. The lowest BCUT2D eigenvalue weighted by atomic mass is 9.85. The van der Waals surface area contributed by atoms with Crippen molar-refractivity contribution in [1.82, 2.24) is 5.32 Å². The van der Waals surface area contributed by atoms with E-state index in [-0.39, 0.29) is 19.3 Å². The van der Waals surface area contributed by atoms with Crippen LogP contribution in [0, 0.1) is 11.8 Å². The lowest BCUT2D eigenvalue weighted by molar-refractivity contribution is -0.125. The molecule has 8 nitrogen and oxygen atoms in total. The van der Waals surface area contributed by atoms with E-state index in [1.54, 1.807) is 51.7 Å². The largest absolute Gasteiger partial charge is 0.497 e. The predicted octanol–water partition coefficient (Wildman–Crippen LogP) is 4.90. The molecule has 1 saturated carbocycles. The van der Waals surface area contributed by atoms with E-state index in [2.05, 4.69) is 5.32 Å². The summed E-state index contributed by atoms with van der Waals surface area (Å²) < 4.78 is 63.0. The third kappa shape index (κ3) is 4.51. The van der Waals surface area contributed by atoms with Gasteiger partial charge in [0, 0.05) is 17.5 Å². The molecule has 0 saturated heterocycles. The molecule has 1 N–H and O–H groups in total. The van der Waals surface area contributed by atoms with E-state index in [4.69, 9.17) is 28.4 Å². The maximum Gasteiger partial charge on any atom is 0.268 e. The number of alkyl halides is 2. The number of amides is 1. The Labute approximate surface area is 230 Å². The van der Waals surface area contributed by atoms with Crippen LogP contribution >= 0.6 is 0 Å². The van der Waals surface area contributed by atoms with Gasteiger partial charge in [-0.1, -0.05) is 12.1 Å². The van der Waals surface area contributed by atoms with Crippen molar-refractivity contribution >= 4 is 5.91 Å². The SMILES string of the molecule is COc1ccc2c(c1)OCC(Cc1ccc(OC)c(OC)c1)C2NC(=O)C1C(c2ccc3c(c2)OCO3)C1(F)F. The van der Waals surface area contributed by atoms with Crippen LogP contribution in [0.15, 0.2) is 54.6 Å². The third-order valence-electron chi connectivity index (χ3n) is 7.82. The molecule has 6 rings (SSSR count). The Kier molecular flexibility index (Phi) is 6.56. The number of carbonyl (C=O) groups excluding carboxylic acids is 1. The fourth-order valence-corrected chi connectivity index (χ4v) is 5.67. The van der Waals surface area contributed by atoms with Crippen molar-refractivity contribution in [2.45, 2.75) is 24.3 Å². The lowest BCUT2D eigenvalue weighted by Crippen LogP contribution is -2.41. The molecule has 10 heteroatoms. The normalized spacial score (nSPS) is 23.4. The number of methoxy groups -OCH3 is 3. The minimum absolute atomic E-state index is 0.0408. The number of fused-ring (bicyclic) bond motifs is 2. The summed E-state index contributed by atoms with van der Waals surface area (Å²) in [5.41, 5.74) is 1.97. The number of nitrogens with one attached hydrogen (secondary N) is 1. The average Bonchev–Trinajstić information content (AvgIpc) is 3.27. The number of hydrogen-bond acceptors (Lipinski definition) is 7. The number of benzene rings is 3. The van der Waals surface area contributed by atoms with Crippen molar-refractivity contribution < 1.29 is 42.0 Å².